The lowest BCUT2D eigenvalue weighted by Gasteiger charge is -2.14. The van der Waals surface area contributed by atoms with Crippen molar-refractivity contribution in [3.63, 3.8) is 0 Å². The van der Waals surface area contributed by atoms with Crippen LogP contribution in [0.25, 0.3) is 0 Å². The maximum Gasteiger partial charge on any atom is 0.258 e. The van der Waals surface area contributed by atoms with Crippen molar-refractivity contribution in [3.05, 3.63) is 59.2 Å². The van der Waals surface area contributed by atoms with Gasteiger partial charge in [-0.05, 0) is 43.9 Å². The smallest absolute Gasteiger partial charge is 0.258 e. The highest BCUT2D eigenvalue weighted by atomic mass is 32.2. The van der Waals surface area contributed by atoms with Crippen LogP contribution in [0.5, 0.6) is 0 Å². The van der Waals surface area contributed by atoms with Gasteiger partial charge in [0, 0.05) is 23.9 Å². The van der Waals surface area contributed by atoms with Gasteiger partial charge in [0.1, 0.15) is 5.82 Å². The van der Waals surface area contributed by atoms with Crippen molar-refractivity contribution in [3.8, 4) is 0 Å². The lowest BCUT2D eigenvalue weighted by atomic mass is 10.2. The molecule has 150 valence electrons. The van der Waals surface area contributed by atoms with Crippen LogP contribution >= 0.6 is 0 Å². The molecule has 2 N–H and O–H groups in total. The molecule has 0 aromatic heterocycles. The Hall–Kier alpha value is -2.46. The number of carbonyl (C=O) groups is 1. The molecule has 1 amide bonds. The summed E-state index contributed by atoms with van der Waals surface area (Å²) < 4.78 is 80.9. The van der Waals surface area contributed by atoms with Gasteiger partial charge in [0.2, 0.25) is 10.0 Å². The molecule has 1 atom stereocenters. The van der Waals surface area contributed by atoms with E-state index in [1.807, 2.05) is 5.32 Å². The number of hydrogen-bond donors (Lipinski definition) is 2. The second-order valence-electron chi connectivity index (χ2n) is 6.60. The van der Waals surface area contributed by atoms with Crippen LogP contribution in [0.15, 0.2) is 35.2 Å². The number of anilines is 1. The van der Waals surface area contributed by atoms with E-state index >= 15 is 0 Å². The highest BCUT2D eigenvalue weighted by molar-refractivity contribution is 7.89. The molecule has 1 saturated carbocycles. The van der Waals surface area contributed by atoms with Gasteiger partial charge in [-0.2, -0.15) is 0 Å². The zero-order chi connectivity index (χ0) is 20.6. The summed E-state index contributed by atoms with van der Waals surface area (Å²) in [6.45, 7) is 1.71. The summed E-state index contributed by atoms with van der Waals surface area (Å²) in [6, 6.07) is 3.37. The Labute approximate surface area is 158 Å². The van der Waals surface area contributed by atoms with E-state index in [4.69, 9.17) is 0 Å². The number of sulfonamides is 1. The summed E-state index contributed by atoms with van der Waals surface area (Å²) in [7, 11) is -4.00. The molecular weight excluding hydrogens is 400 g/mol. The zero-order valence-corrected chi connectivity index (χ0v) is 15.4. The van der Waals surface area contributed by atoms with Gasteiger partial charge in [-0.25, -0.2) is 30.7 Å². The molecule has 28 heavy (non-hydrogen) atoms. The van der Waals surface area contributed by atoms with E-state index in [-0.39, 0.29) is 16.9 Å². The normalized spacial score (nSPS) is 15.3. The predicted molar refractivity (Wildman–Crippen MR) is 93.2 cm³/mol. The minimum absolute atomic E-state index is 0.237. The summed E-state index contributed by atoms with van der Waals surface area (Å²) in [5, 5.41) is 2.01. The quantitative estimate of drug-likeness (QED) is 0.559. The maximum absolute atomic E-state index is 14.1. The summed E-state index contributed by atoms with van der Waals surface area (Å²) in [4.78, 5) is 11.9. The number of benzene rings is 2. The maximum atomic E-state index is 14.1. The summed E-state index contributed by atoms with van der Waals surface area (Å²) in [6.07, 6.45) is 1.82. The first-order chi connectivity index (χ1) is 13.1. The van der Waals surface area contributed by atoms with Crippen molar-refractivity contribution in [2.75, 3.05) is 5.32 Å². The Morgan fingerprint density at radius 2 is 1.64 bits per heavy atom. The molecule has 1 unspecified atom stereocenters. The van der Waals surface area contributed by atoms with Gasteiger partial charge < -0.3 is 5.32 Å². The van der Waals surface area contributed by atoms with Crippen LogP contribution in [0.3, 0.4) is 0 Å². The van der Waals surface area contributed by atoms with Crippen LogP contribution in [-0.2, 0) is 10.0 Å². The number of amides is 1. The minimum atomic E-state index is -4.00. The molecule has 1 aliphatic carbocycles. The molecule has 1 aliphatic rings. The van der Waals surface area contributed by atoms with Crippen LogP contribution in [0.2, 0.25) is 0 Å². The molecule has 2 aromatic rings. The number of nitrogens with one attached hydrogen (secondary N) is 2. The Balaban J connectivity index is 1.85. The van der Waals surface area contributed by atoms with Gasteiger partial charge in [0.15, 0.2) is 17.5 Å². The van der Waals surface area contributed by atoms with Crippen molar-refractivity contribution >= 4 is 21.6 Å². The van der Waals surface area contributed by atoms with Crippen LogP contribution in [0.1, 0.15) is 30.1 Å². The molecule has 0 spiro atoms. The molecule has 5 nitrogen and oxygen atoms in total. The molecular formula is C18H16F4N2O3S. The number of rotatable bonds is 6. The monoisotopic (exact) mass is 416 g/mol. The third kappa shape index (κ3) is 4.33. The van der Waals surface area contributed by atoms with Crippen molar-refractivity contribution in [2.24, 2.45) is 5.92 Å². The van der Waals surface area contributed by atoms with Gasteiger partial charge in [-0.15, -0.1) is 0 Å². The van der Waals surface area contributed by atoms with Gasteiger partial charge in [0.25, 0.3) is 5.91 Å². The fraction of sp³-hybridized carbons (Fsp3) is 0.278. The topological polar surface area (TPSA) is 75.3 Å². The first-order valence-electron chi connectivity index (χ1n) is 8.36. The van der Waals surface area contributed by atoms with Crippen molar-refractivity contribution < 1.29 is 30.8 Å². The standard InChI is InChI=1S/C18H16F4N2O3S/c1-9(10-2-3-10)24-28(26,27)12-4-5-14(19)13(8-12)18(25)23-11-6-15(20)17(22)16(21)7-11/h4-10,24H,2-3H2,1H3,(H,23,25). The van der Waals surface area contributed by atoms with Crippen molar-refractivity contribution in [2.45, 2.75) is 30.7 Å². The number of carbonyl (C=O) groups excluding carboxylic acids is 1. The molecule has 0 aliphatic heterocycles. The molecule has 3 rings (SSSR count). The van der Waals surface area contributed by atoms with E-state index in [0.29, 0.717) is 12.1 Å². The highest BCUT2D eigenvalue weighted by Gasteiger charge is 2.31. The molecule has 2 aromatic carbocycles. The SMILES string of the molecule is CC(NS(=O)(=O)c1ccc(F)c(C(=O)Nc2cc(F)c(F)c(F)c2)c1)C1CC1. The zero-order valence-electron chi connectivity index (χ0n) is 14.6. The third-order valence-corrected chi connectivity index (χ3v) is 5.96. The van der Waals surface area contributed by atoms with Gasteiger partial charge in [-0.3, -0.25) is 4.79 Å². The summed E-state index contributed by atoms with van der Waals surface area (Å²) >= 11 is 0. The Kier molecular flexibility index (Phi) is 5.44. The first kappa shape index (κ1) is 20.3. The number of hydrogen-bond acceptors (Lipinski definition) is 3. The lowest BCUT2D eigenvalue weighted by molar-refractivity contribution is 0.102. The molecule has 1 fully saturated rings. The van der Waals surface area contributed by atoms with E-state index in [0.717, 1.165) is 31.0 Å². The van der Waals surface area contributed by atoms with E-state index in [1.54, 1.807) is 6.92 Å². The van der Waals surface area contributed by atoms with Gasteiger partial charge >= 0.3 is 0 Å². The van der Waals surface area contributed by atoms with Crippen LogP contribution in [0.4, 0.5) is 23.2 Å². The average Bonchev–Trinajstić information content (AvgIpc) is 3.44. The van der Waals surface area contributed by atoms with E-state index in [2.05, 4.69) is 4.72 Å². The largest absolute Gasteiger partial charge is 0.322 e. The molecule has 0 saturated heterocycles. The average molecular weight is 416 g/mol. The number of halogens is 4. The van der Waals surface area contributed by atoms with Crippen LogP contribution in [-0.4, -0.2) is 20.4 Å². The van der Waals surface area contributed by atoms with E-state index in [1.165, 1.54) is 0 Å². The molecule has 10 heteroatoms. The van der Waals surface area contributed by atoms with Crippen molar-refractivity contribution in [1.29, 1.82) is 0 Å². The Morgan fingerprint density at radius 1 is 1.04 bits per heavy atom. The fourth-order valence-electron chi connectivity index (χ4n) is 2.68. The summed E-state index contributed by atoms with van der Waals surface area (Å²) in [5.41, 5.74) is -1.10. The molecule has 0 bridgehead atoms. The molecule has 0 radical (unpaired) electrons. The van der Waals surface area contributed by atoms with Crippen LogP contribution < -0.4 is 10.0 Å². The van der Waals surface area contributed by atoms with E-state index < -0.39 is 50.5 Å². The fourth-order valence-corrected chi connectivity index (χ4v) is 4.02. The Morgan fingerprint density at radius 3 is 2.21 bits per heavy atom. The predicted octanol–water partition coefficient (Wildman–Crippen LogP) is 3.57. The van der Waals surface area contributed by atoms with Gasteiger partial charge in [-0.1, -0.05) is 0 Å². The first-order valence-corrected chi connectivity index (χ1v) is 9.84. The lowest BCUT2D eigenvalue weighted by Crippen LogP contribution is -2.34. The molecule has 0 heterocycles. The van der Waals surface area contributed by atoms with E-state index in [9.17, 15) is 30.8 Å². The Bertz CT molecular complexity index is 1020. The van der Waals surface area contributed by atoms with Crippen molar-refractivity contribution in [1.82, 2.24) is 4.72 Å². The van der Waals surface area contributed by atoms with Crippen LogP contribution in [0, 0.1) is 29.2 Å². The second-order valence-corrected chi connectivity index (χ2v) is 8.31. The minimum Gasteiger partial charge on any atom is -0.322 e. The third-order valence-electron chi connectivity index (χ3n) is 4.40. The second kappa shape index (κ2) is 7.51. The summed E-state index contributed by atoms with van der Waals surface area (Å²) in [5.74, 6) is -6.73. The van der Waals surface area contributed by atoms with Gasteiger partial charge in [0.05, 0.1) is 10.5 Å². The highest BCUT2D eigenvalue weighted by Crippen LogP contribution is 2.33.